The van der Waals surface area contributed by atoms with Gasteiger partial charge >= 0.3 is 124 Å². The predicted octanol–water partition coefficient (Wildman–Crippen LogP) is 5.45. The van der Waals surface area contributed by atoms with E-state index in [9.17, 15) is 4.79 Å². The van der Waals surface area contributed by atoms with Gasteiger partial charge < -0.3 is 0 Å². The van der Waals surface area contributed by atoms with Crippen molar-refractivity contribution in [3.8, 4) is 0 Å². The van der Waals surface area contributed by atoms with Crippen molar-refractivity contribution in [2.24, 2.45) is 0 Å². The molecule has 0 saturated heterocycles. The van der Waals surface area contributed by atoms with Crippen molar-refractivity contribution in [2.45, 2.75) is 79.0 Å². The summed E-state index contributed by atoms with van der Waals surface area (Å²) in [7, 11) is 0. The van der Waals surface area contributed by atoms with E-state index in [-0.39, 0.29) is 5.97 Å². The molecule has 0 aromatic rings. The maximum absolute atomic E-state index is 11.9. The first-order valence-electron chi connectivity index (χ1n) is 7.96. The minimum absolute atomic E-state index is 0.0193. The molecule has 0 bridgehead atoms. The molecule has 2 nitrogen and oxygen atoms in total. The average Bonchev–Trinajstić information content (AvgIpc) is 2.40. The van der Waals surface area contributed by atoms with Crippen molar-refractivity contribution in [3.63, 3.8) is 0 Å². The van der Waals surface area contributed by atoms with E-state index in [1.807, 2.05) is 0 Å². The van der Waals surface area contributed by atoms with E-state index in [0.29, 0.717) is 6.42 Å². The molecular formula is C16H32O2Sn. The molecule has 0 N–H and O–H groups in total. The molecular weight excluding hydrogens is 343 g/mol. The Bertz CT molecular complexity index is 229. The van der Waals surface area contributed by atoms with Gasteiger partial charge in [-0.15, -0.1) is 0 Å². The number of carbonyl (C=O) groups excluding carboxylic acids is 1. The molecule has 0 aliphatic rings. The molecule has 0 saturated carbocycles. The third-order valence-corrected chi connectivity index (χ3v) is 16.3. The number of rotatable bonds is 12. The second kappa shape index (κ2) is 11.8. The van der Waals surface area contributed by atoms with E-state index < -0.39 is 18.8 Å². The Morgan fingerprint density at radius 3 is 1.74 bits per heavy atom. The molecule has 3 heteroatoms. The molecule has 0 fully saturated rings. The summed E-state index contributed by atoms with van der Waals surface area (Å²) < 4.78 is 9.73. The number of hydrogen-bond acceptors (Lipinski definition) is 2. The quantitative estimate of drug-likeness (QED) is 0.335. The fourth-order valence-corrected chi connectivity index (χ4v) is 15.6. The van der Waals surface area contributed by atoms with Crippen LogP contribution in [-0.2, 0) is 7.87 Å². The summed E-state index contributed by atoms with van der Waals surface area (Å²) in [4.78, 5) is 11.9. The summed E-state index contributed by atoms with van der Waals surface area (Å²) in [5.41, 5.74) is 0. The summed E-state index contributed by atoms with van der Waals surface area (Å²) in [6.07, 6.45) is 9.34. The average molecular weight is 375 g/mol. The monoisotopic (exact) mass is 376 g/mol. The van der Waals surface area contributed by atoms with Crippen LogP contribution in [0.2, 0.25) is 13.3 Å². The molecule has 0 unspecified atom stereocenters. The number of hydrogen-bond donors (Lipinski definition) is 0. The van der Waals surface area contributed by atoms with Gasteiger partial charge in [0.25, 0.3) is 0 Å². The van der Waals surface area contributed by atoms with Gasteiger partial charge in [-0.2, -0.15) is 0 Å². The first-order chi connectivity index (χ1) is 9.14. The molecule has 0 rings (SSSR count). The van der Waals surface area contributed by atoms with Gasteiger partial charge in [0.1, 0.15) is 0 Å². The number of carbonyl (C=O) groups is 1. The van der Waals surface area contributed by atoms with Crippen molar-refractivity contribution in [3.05, 3.63) is 12.7 Å². The second-order valence-corrected chi connectivity index (χ2v) is 17.1. The SMILES string of the molecule is C=CCC(=O)[O][Sn]([CH2]CCC)([CH2]CCC)[CH2]CCC. The summed E-state index contributed by atoms with van der Waals surface area (Å²) in [5, 5.41) is 0. The molecule has 0 aliphatic carbocycles. The second-order valence-electron chi connectivity index (χ2n) is 5.46. The molecule has 19 heavy (non-hydrogen) atoms. The first kappa shape index (κ1) is 19.0. The van der Waals surface area contributed by atoms with Crippen molar-refractivity contribution >= 4 is 24.8 Å². The van der Waals surface area contributed by atoms with Gasteiger partial charge in [-0.25, -0.2) is 0 Å². The predicted molar refractivity (Wildman–Crippen MR) is 85.8 cm³/mol. The summed E-state index contributed by atoms with van der Waals surface area (Å²) >= 11 is -2.69. The van der Waals surface area contributed by atoms with E-state index in [2.05, 4.69) is 27.4 Å². The van der Waals surface area contributed by atoms with Crippen LogP contribution in [0.3, 0.4) is 0 Å². The van der Waals surface area contributed by atoms with Gasteiger partial charge in [0, 0.05) is 0 Å². The van der Waals surface area contributed by atoms with Gasteiger partial charge in [-0.05, 0) is 0 Å². The van der Waals surface area contributed by atoms with E-state index in [1.54, 1.807) is 6.08 Å². The van der Waals surface area contributed by atoms with Crippen LogP contribution in [0.1, 0.15) is 65.7 Å². The van der Waals surface area contributed by atoms with Gasteiger partial charge in [0.15, 0.2) is 0 Å². The topological polar surface area (TPSA) is 26.3 Å². The van der Waals surface area contributed by atoms with Gasteiger partial charge in [-0.1, -0.05) is 0 Å². The summed E-state index contributed by atoms with van der Waals surface area (Å²) in [6.45, 7) is 10.3. The zero-order valence-corrected chi connectivity index (χ0v) is 16.0. The summed E-state index contributed by atoms with van der Waals surface area (Å²) in [6, 6.07) is 0. The van der Waals surface area contributed by atoms with Crippen LogP contribution in [-0.4, -0.2) is 24.8 Å². The van der Waals surface area contributed by atoms with E-state index in [1.165, 1.54) is 51.8 Å². The minimum atomic E-state index is -2.69. The third kappa shape index (κ3) is 8.72. The Hall–Kier alpha value is 0.00870. The molecule has 0 heterocycles. The van der Waals surface area contributed by atoms with Crippen LogP contribution in [0.5, 0.6) is 0 Å². The standard InChI is InChI=1S/C4H6O2.3C4H9.Sn/c1-2-3-4(5)6;3*1-3-4-2;/h2H,1,3H2,(H,5,6);3*1,3-4H2,2H3;/q;;;;+1/p-1. The normalized spacial score (nSPS) is 11.3. The van der Waals surface area contributed by atoms with Crippen molar-refractivity contribution in [2.75, 3.05) is 0 Å². The van der Waals surface area contributed by atoms with E-state index >= 15 is 0 Å². The van der Waals surface area contributed by atoms with Crippen LogP contribution < -0.4 is 0 Å². The van der Waals surface area contributed by atoms with Crippen molar-refractivity contribution in [1.29, 1.82) is 0 Å². The molecule has 0 aromatic heterocycles. The number of unbranched alkanes of at least 4 members (excludes halogenated alkanes) is 3. The Balaban J connectivity index is 4.74. The van der Waals surface area contributed by atoms with Crippen LogP contribution >= 0.6 is 0 Å². The van der Waals surface area contributed by atoms with Crippen LogP contribution in [0, 0.1) is 0 Å². The fraction of sp³-hybridized carbons (Fsp3) is 0.812. The van der Waals surface area contributed by atoms with Gasteiger partial charge in [0.05, 0.1) is 0 Å². The summed E-state index contributed by atoms with van der Waals surface area (Å²) in [5.74, 6) is -0.0193. The zero-order valence-electron chi connectivity index (χ0n) is 13.2. The molecule has 0 amide bonds. The Morgan fingerprint density at radius 2 is 1.42 bits per heavy atom. The zero-order chi connectivity index (χ0) is 14.6. The molecule has 0 spiro atoms. The molecule has 112 valence electrons. The Morgan fingerprint density at radius 1 is 1.00 bits per heavy atom. The van der Waals surface area contributed by atoms with Crippen molar-refractivity contribution in [1.82, 2.24) is 0 Å². The van der Waals surface area contributed by atoms with E-state index in [4.69, 9.17) is 3.07 Å². The van der Waals surface area contributed by atoms with Gasteiger partial charge in [-0.3, -0.25) is 0 Å². The molecule has 0 aliphatic heterocycles. The molecule has 0 atom stereocenters. The third-order valence-electron chi connectivity index (χ3n) is 3.60. The Kier molecular flexibility index (Phi) is 11.8. The fourth-order valence-electron chi connectivity index (χ4n) is 2.43. The van der Waals surface area contributed by atoms with Crippen molar-refractivity contribution < 1.29 is 7.87 Å². The Labute approximate surface area is 124 Å². The van der Waals surface area contributed by atoms with Crippen LogP contribution in [0.4, 0.5) is 0 Å². The van der Waals surface area contributed by atoms with Crippen LogP contribution in [0.25, 0.3) is 0 Å². The van der Waals surface area contributed by atoms with Gasteiger partial charge in [0.2, 0.25) is 0 Å². The van der Waals surface area contributed by atoms with E-state index in [0.717, 1.165) is 0 Å². The first-order valence-corrected chi connectivity index (χ1v) is 15.2. The van der Waals surface area contributed by atoms with Crippen LogP contribution in [0.15, 0.2) is 12.7 Å². The molecule has 0 aromatic carbocycles. The maximum atomic E-state index is 11.9. The molecule has 0 radical (unpaired) electrons.